The van der Waals surface area contributed by atoms with Crippen molar-refractivity contribution in [1.82, 2.24) is 9.55 Å². The van der Waals surface area contributed by atoms with Gasteiger partial charge in [0.25, 0.3) is 0 Å². The first-order valence-corrected chi connectivity index (χ1v) is 6.26. The highest BCUT2D eigenvalue weighted by molar-refractivity contribution is 6.11. The van der Waals surface area contributed by atoms with Gasteiger partial charge in [-0.25, -0.2) is 9.78 Å². The van der Waals surface area contributed by atoms with Crippen LogP contribution < -0.4 is 10.1 Å². The van der Waals surface area contributed by atoms with Gasteiger partial charge in [-0.05, 0) is 12.1 Å². The van der Waals surface area contributed by atoms with Crippen molar-refractivity contribution in [3.8, 4) is 6.01 Å². The molecule has 20 heavy (non-hydrogen) atoms. The van der Waals surface area contributed by atoms with Crippen LogP contribution in [0.15, 0.2) is 30.6 Å². The van der Waals surface area contributed by atoms with Gasteiger partial charge in [-0.3, -0.25) is 4.79 Å². The SMILES string of the molecule is Cn1ccnc1OC(=O)c1cccc2c1C(=O)CCN2. The van der Waals surface area contributed by atoms with Crippen molar-refractivity contribution < 1.29 is 14.3 Å². The minimum Gasteiger partial charge on any atom is -0.388 e. The molecule has 2 heterocycles. The molecule has 0 fully saturated rings. The molecule has 1 aromatic heterocycles. The monoisotopic (exact) mass is 271 g/mol. The van der Waals surface area contributed by atoms with Crippen LogP contribution in [0, 0.1) is 0 Å². The summed E-state index contributed by atoms with van der Waals surface area (Å²) in [6.07, 6.45) is 3.59. The summed E-state index contributed by atoms with van der Waals surface area (Å²) in [7, 11) is 1.72. The Morgan fingerprint density at radius 3 is 3.05 bits per heavy atom. The second kappa shape index (κ2) is 4.80. The number of benzene rings is 1. The van der Waals surface area contributed by atoms with Gasteiger partial charge in [-0.15, -0.1) is 0 Å². The molecular formula is C14H13N3O3. The van der Waals surface area contributed by atoms with Crippen molar-refractivity contribution in [3.05, 3.63) is 41.7 Å². The average molecular weight is 271 g/mol. The van der Waals surface area contributed by atoms with Gasteiger partial charge in [-0.1, -0.05) is 6.07 Å². The minimum absolute atomic E-state index is 0.0499. The zero-order valence-electron chi connectivity index (χ0n) is 10.9. The van der Waals surface area contributed by atoms with Crippen LogP contribution >= 0.6 is 0 Å². The van der Waals surface area contributed by atoms with Gasteiger partial charge in [0.05, 0.1) is 11.1 Å². The van der Waals surface area contributed by atoms with Gasteiger partial charge in [-0.2, -0.15) is 0 Å². The van der Waals surface area contributed by atoms with Crippen molar-refractivity contribution in [3.63, 3.8) is 0 Å². The summed E-state index contributed by atoms with van der Waals surface area (Å²) in [5.41, 5.74) is 1.34. The molecular weight excluding hydrogens is 258 g/mol. The first kappa shape index (κ1) is 12.4. The molecule has 6 nitrogen and oxygen atoms in total. The van der Waals surface area contributed by atoms with Crippen LogP contribution in [0.5, 0.6) is 6.01 Å². The number of fused-ring (bicyclic) bond motifs is 1. The number of aromatic nitrogens is 2. The quantitative estimate of drug-likeness (QED) is 0.840. The molecule has 6 heteroatoms. The van der Waals surface area contributed by atoms with E-state index < -0.39 is 5.97 Å². The number of carbonyl (C=O) groups excluding carboxylic acids is 2. The van der Waals surface area contributed by atoms with E-state index in [9.17, 15) is 9.59 Å². The maximum atomic E-state index is 12.2. The Bertz CT molecular complexity index is 691. The van der Waals surface area contributed by atoms with Gasteiger partial charge in [0.2, 0.25) is 0 Å². The summed E-state index contributed by atoms with van der Waals surface area (Å²) in [5, 5.41) is 3.11. The van der Waals surface area contributed by atoms with Crippen LogP contribution in [0.3, 0.4) is 0 Å². The van der Waals surface area contributed by atoms with Crippen LogP contribution in [0.1, 0.15) is 27.1 Å². The van der Waals surface area contributed by atoms with Crippen LogP contribution in [0.2, 0.25) is 0 Å². The van der Waals surface area contributed by atoms with E-state index in [4.69, 9.17) is 4.74 Å². The van der Waals surface area contributed by atoms with Crippen molar-refractivity contribution in [2.45, 2.75) is 6.42 Å². The Morgan fingerprint density at radius 2 is 2.30 bits per heavy atom. The van der Waals surface area contributed by atoms with Crippen molar-refractivity contribution in [2.75, 3.05) is 11.9 Å². The topological polar surface area (TPSA) is 73.2 Å². The molecule has 0 radical (unpaired) electrons. The zero-order chi connectivity index (χ0) is 14.1. The molecule has 0 bridgehead atoms. The number of anilines is 1. The molecule has 0 saturated carbocycles. The van der Waals surface area contributed by atoms with Gasteiger partial charge in [0.1, 0.15) is 0 Å². The second-order valence-corrected chi connectivity index (χ2v) is 4.54. The Labute approximate surface area is 115 Å². The molecule has 1 aliphatic heterocycles. The van der Waals surface area contributed by atoms with E-state index in [1.165, 1.54) is 6.20 Å². The Hall–Kier alpha value is -2.63. The summed E-state index contributed by atoms with van der Waals surface area (Å²) in [4.78, 5) is 28.2. The summed E-state index contributed by atoms with van der Waals surface area (Å²) in [5.74, 6) is -0.626. The number of aryl methyl sites for hydroxylation is 1. The van der Waals surface area contributed by atoms with E-state index >= 15 is 0 Å². The molecule has 0 aliphatic carbocycles. The molecule has 3 rings (SSSR count). The lowest BCUT2D eigenvalue weighted by Gasteiger charge is -2.19. The number of nitrogens with one attached hydrogen (secondary N) is 1. The highest BCUT2D eigenvalue weighted by Crippen LogP contribution is 2.26. The number of imidazole rings is 1. The summed E-state index contributed by atoms with van der Waals surface area (Å²) in [6.45, 7) is 0.587. The van der Waals surface area contributed by atoms with Crippen LogP contribution in [-0.4, -0.2) is 27.8 Å². The molecule has 1 N–H and O–H groups in total. The first-order valence-electron chi connectivity index (χ1n) is 6.26. The molecule has 2 aromatic rings. The largest absolute Gasteiger partial charge is 0.388 e. The number of Topliss-reactive ketones (excluding diaryl/α,β-unsaturated/α-hetero) is 1. The number of hydrogen-bond acceptors (Lipinski definition) is 5. The maximum Gasteiger partial charge on any atom is 0.346 e. The van der Waals surface area contributed by atoms with E-state index in [2.05, 4.69) is 10.3 Å². The minimum atomic E-state index is -0.576. The van der Waals surface area contributed by atoms with Gasteiger partial charge >= 0.3 is 12.0 Å². The number of nitrogens with zero attached hydrogens (tertiary/aromatic N) is 2. The maximum absolute atomic E-state index is 12.2. The van der Waals surface area contributed by atoms with Gasteiger partial charge in [0.15, 0.2) is 5.78 Å². The first-order chi connectivity index (χ1) is 9.66. The average Bonchev–Trinajstić information content (AvgIpc) is 2.84. The third-order valence-electron chi connectivity index (χ3n) is 3.19. The van der Waals surface area contributed by atoms with Crippen LogP contribution in [0.4, 0.5) is 5.69 Å². The number of carbonyl (C=O) groups is 2. The van der Waals surface area contributed by atoms with E-state index in [0.29, 0.717) is 24.2 Å². The zero-order valence-corrected chi connectivity index (χ0v) is 10.9. The molecule has 0 unspecified atom stereocenters. The Kier molecular flexibility index (Phi) is 2.98. The molecule has 0 atom stereocenters. The molecule has 0 spiro atoms. The summed E-state index contributed by atoms with van der Waals surface area (Å²) in [6, 6.07) is 5.29. The lowest BCUT2D eigenvalue weighted by molar-refractivity contribution is 0.0709. The van der Waals surface area contributed by atoms with Crippen LogP contribution in [0.25, 0.3) is 0 Å². The molecule has 0 saturated heterocycles. The second-order valence-electron chi connectivity index (χ2n) is 4.54. The van der Waals surface area contributed by atoms with Crippen molar-refractivity contribution >= 4 is 17.4 Å². The normalized spacial score (nSPS) is 13.6. The summed E-state index contributed by atoms with van der Waals surface area (Å²) >= 11 is 0. The standard InChI is InChI=1S/C14H13N3O3/c1-17-8-7-16-14(17)20-13(19)9-3-2-4-10-12(9)11(18)5-6-15-10/h2-4,7-8,15H,5-6H2,1H3. The van der Waals surface area contributed by atoms with E-state index in [-0.39, 0.29) is 17.4 Å². The fourth-order valence-electron chi connectivity index (χ4n) is 2.19. The Balaban J connectivity index is 1.96. The fraction of sp³-hybridized carbons (Fsp3) is 0.214. The Morgan fingerprint density at radius 1 is 1.45 bits per heavy atom. The van der Waals surface area contributed by atoms with E-state index in [0.717, 1.165) is 0 Å². The molecule has 102 valence electrons. The lowest BCUT2D eigenvalue weighted by Crippen LogP contribution is -2.23. The van der Waals surface area contributed by atoms with Crippen LogP contribution in [-0.2, 0) is 7.05 Å². The van der Waals surface area contributed by atoms with E-state index in [1.807, 2.05) is 0 Å². The molecule has 1 aliphatic rings. The molecule has 0 amide bonds. The molecule has 1 aromatic carbocycles. The predicted octanol–water partition coefficient (Wildman–Crippen LogP) is 1.64. The number of ketones is 1. The third-order valence-corrected chi connectivity index (χ3v) is 3.19. The number of ether oxygens (including phenoxy) is 1. The van der Waals surface area contributed by atoms with Gasteiger partial charge < -0.3 is 14.6 Å². The number of rotatable bonds is 2. The van der Waals surface area contributed by atoms with Gasteiger partial charge in [0, 0.05) is 38.1 Å². The highest BCUT2D eigenvalue weighted by Gasteiger charge is 2.25. The summed E-state index contributed by atoms with van der Waals surface area (Å²) < 4.78 is 6.81. The predicted molar refractivity (Wildman–Crippen MR) is 72.0 cm³/mol. The van der Waals surface area contributed by atoms with Crippen molar-refractivity contribution in [1.29, 1.82) is 0 Å². The number of esters is 1. The van der Waals surface area contributed by atoms with E-state index in [1.54, 1.807) is 36.0 Å². The lowest BCUT2D eigenvalue weighted by atomic mass is 9.96. The fourth-order valence-corrected chi connectivity index (χ4v) is 2.19. The highest BCUT2D eigenvalue weighted by atomic mass is 16.5. The van der Waals surface area contributed by atoms with Crippen molar-refractivity contribution in [2.24, 2.45) is 7.05 Å². The third kappa shape index (κ3) is 2.05. The number of hydrogen-bond donors (Lipinski definition) is 1. The smallest absolute Gasteiger partial charge is 0.346 e.